The maximum absolute atomic E-state index is 12.1. The molecule has 21 heavy (non-hydrogen) atoms. The van der Waals surface area contributed by atoms with Gasteiger partial charge in [0, 0.05) is 19.2 Å². The highest BCUT2D eigenvalue weighted by molar-refractivity contribution is 5.95. The van der Waals surface area contributed by atoms with Crippen molar-refractivity contribution in [3.63, 3.8) is 0 Å². The summed E-state index contributed by atoms with van der Waals surface area (Å²) >= 11 is 0. The van der Waals surface area contributed by atoms with E-state index in [1.807, 2.05) is 32.0 Å². The zero-order chi connectivity index (χ0) is 15.8. The zero-order valence-corrected chi connectivity index (χ0v) is 13.5. The Bertz CT molecular complexity index is 498. The number of unbranched alkanes of at least 4 members (excludes halogenated alkanes) is 2. The van der Waals surface area contributed by atoms with Crippen LogP contribution < -0.4 is 5.32 Å². The number of carbonyl (C=O) groups excluding carboxylic acids is 2. The van der Waals surface area contributed by atoms with Crippen LogP contribution in [0.4, 0.5) is 5.69 Å². The zero-order valence-electron chi connectivity index (χ0n) is 13.5. The van der Waals surface area contributed by atoms with E-state index >= 15 is 0 Å². The van der Waals surface area contributed by atoms with E-state index in [4.69, 9.17) is 0 Å². The van der Waals surface area contributed by atoms with E-state index in [-0.39, 0.29) is 18.4 Å². The summed E-state index contributed by atoms with van der Waals surface area (Å²) in [5.74, 6) is -0.197. The molecule has 0 saturated heterocycles. The van der Waals surface area contributed by atoms with Gasteiger partial charge in [-0.15, -0.1) is 0 Å². The summed E-state index contributed by atoms with van der Waals surface area (Å²) in [6, 6.07) is 5.81. The lowest BCUT2D eigenvalue weighted by molar-refractivity contribution is -0.132. The van der Waals surface area contributed by atoms with E-state index in [0.717, 1.165) is 36.1 Å². The second kappa shape index (κ2) is 8.45. The highest BCUT2D eigenvalue weighted by Crippen LogP contribution is 2.17. The van der Waals surface area contributed by atoms with Crippen molar-refractivity contribution >= 4 is 17.5 Å². The number of anilines is 1. The molecule has 0 aliphatic carbocycles. The Hall–Kier alpha value is -1.84. The third kappa shape index (κ3) is 5.58. The molecule has 0 aliphatic heterocycles. The second-order valence-corrected chi connectivity index (χ2v) is 5.44. The Morgan fingerprint density at radius 3 is 2.52 bits per heavy atom. The predicted octanol–water partition coefficient (Wildman–Crippen LogP) is 3.28. The van der Waals surface area contributed by atoms with Crippen LogP contribution in [-0.4, -0.2) is 29.8 Å². The van der Waals surface area contributed by atoms with Crippen molar-refractivity contribution in [3.8, 4) is 0 Å². The van der Waals surface area contributed by atoms with Gasteiger partial charge in [0.25, 0.3) is 0 Å². The average Bonchev–Trinajstić information content (AvgIpc) is 2.43. The Morgan fingerprint density at radius 2 is 1.90 bits per heavy atom. The highest BCUT2D eigenvalue weighted by atomic mass is 16.2. The van der Waals surface area contributed by atoms with Gasteiger partial charge in [-0.05, 0) is 37.5 Å². The van der Waals surface area contributed by atoms with E-state index in [1.54, 1.807) is 4.90 Å². The topological polar surface area (TPSA) is 49.4 Å². The van der Waals surface area contributed by atoms with E-state index in [2.05, 4.69) is 12.2 Å². The molecule has 1 rings (SSSR count). The molecule has 0 heterocycles. The third-order valence-electron chi connectivity index (χ3n) is 3.69. The fraction of sp³-hybridized carbons (Fsp3) is 0.529. The van der Waals surface area contributed by atoms with Crippen molar-refractivity contribution in [3.05, 3.63) is 29.3 Å². The molecular formula is C17H26N2O2. The molecule has 0 bridgehead atoms. The van der Waals surface area contributed by atoms with Crippen LogP contribution in [0, 0.1) is 13.8 Å². The highest BCUT2D eigenvalue weighted by Gasteiger charge is 2.14. The molecule has 4 nitrogen and oxygen atoms in total. The Balaban J connectivity index is 2.61. The number of amides is 2. The molecule has 116 valence electrons. The first-order valence-corrected chi connectivity index (χ1v) is 7.57. The molecule has 1 aromatic carbocycles. The van der Waals surface area contributed by atoms with Crippen LogP contribution in [-0.2, 0) is 9.59 Å². The lowest BCUT2D eigenvalue weighted by Crippen LogP contribution is -2.37. The van der Waals surface area contributed by atoms with Gasteiger partial charge in [-0.25, -0.2) is 0 Å². The van der Waals surface area contributed by atoms with E-state index in [1.165, 1.54) is 6.92 Å². The standard InChI is InChI=1S/C17H26N2O2/c1-5-6-7-11-19(15(4)20)12-17(21)18-16-10-8-9-13(2)14(16)3/h8-10H,5-7,11-12H2,1-4H3,(H,18,21). The fourth-order valence-electron chi connectivity index (χ4n) is 2.15. The van der Waals surface area contributed by atoms with Crippen LogP contribution in [0.15, 0.2) is 18.2 Å². The molecule has 0 unspecified atom stereocenters. The Kier molecular flexibility index (Phi) is 6.92. The number of rotatable bonds is 7. The Morgan fingerprint density at radius 1 is 1.19 bits per heavy atom. The first-order valence-electron chi connectivity index (χ1n) is 7.57. The number of hydrogen-bond acceptors (Lipinski definition) is 2. The third-order valence-corrected chi connectivity index (χ3v) is 3.69. The first kappa shape index (κ1) is 17.2. The largest absolute Gasteiger partial charge is 0.334 e. The molecule has 0 aromatic heterocycles. The first-order chi connectivity index (χ1) is 9.95. The van der Waals surface area contributed by atoms with Crippen molar-refractivity contribution < 1.29 is 9.59 Å². The number of nitrogens with one attached hydrogen (secondary N) is 1. The molecule has 0 saturated carbocycles. The molecule has 1 N–H and O–H groups in total. The quantitative estimate of drug-likeness (QED) is 0.783. The van der Waals surface area contributed by atoms with Crippen molar-refractivity contribution in [2.24, 2.45) is 0 Å². The molecule has 0 fully saturated rings. The number of nitrogens with zero attached hydrogens (tertiary/aromatic N) is 1. The maximum atomic E-state index is 12.1. The molecule has 2 amide bonds. The van der Waals surface area contributed by atoms with Crippen LogP contribution in [0.3, 0.4) is 0 Å². The van der Waals surface area contributed by atoms with Gasteiger partial charge in [0.1, 0.15) is 0 Å². The van der Waals surface area contributed by atoms with E-state index < -0.39 is 0 Å². The van der Waals surface area contributed by atoms with Crippen LogP contribution in [0.2, 0.25) is 0 Å². The van der Waals surface area contributed by atoms with Gasteiger partial charge in [0.15, 0.2) is 0 Å². The summed E-state index contributed by atoms with van der Waals surface area (Å²) in [5.41, 5.74) is 3.02. The molecule has 0 radical (unpaired) electrons. The second-order valence-electron chi connectivity index (χ2n) is 5.44. The maximum Gasteiger partial charge on any atom is 0.244 e. The van der Waals surface area contributed by atoms with Crippen molar-refractivity contribution in [1.82, 2.24) is 4.90 Å². The monoisotopic (exact) mass is 290 g/mol. The fourth-order valence-corrected chi connectivity index (χ4v) is 2.15. The molecule has 0 atom stereocenters. The number of benzene rings is 1. The number of hydrogen-bond donors (Lipinski definition) is 1. The minimum Gasteiger partial charge on any atom is -0.334 e. The summed E-state index contributed by atoms with van der Waals surface area (Å²) < 4.78 is 0. The van der Waals surface area contributed by atoms with Gasteiger partial charge in [-0.3, -0.25) is 9.59 Å². The SMILES string of the molecule is CCCCCN(CC(=O)Nc1cccc(C)c1C)C(C)=O. The van der Waals surface area contributed by atoms with Crippen molar-refractivity contribution in [1.29, 1.82) is 0 Å². The van der Waals surface area contributed by atoms with Crippen molar-refractivity contribution in [2.45, 2.75) is 47.0 Å². The van der Waals surface area contributed by atoms with Crippen LogP contribution in [0.5, 0.6) is 0 Å². The van der Waals surface area contributed by atoms with Gasteiger partial charge in [-0.2, -0.15) is 0 Å². The van der Waals surface area contributed by atoms with Gasteiger partial charge in [0.2, 0.25) is 11.8 Å². The minimum atomic E-state index is -0.143. The molecule has 4 heteroatoms. The normalized spacial score (nSPS) is 10.3. The molecular weight excluding hydrogens is 264 g/mol. The lowest BCUT2D eigenvalue weighted by atomic mass is 10.1. The van der Waals surface area contributed by atoms with Gasteiger partial charge >= 0.3 is 0 Å². The number of carbonyl (C=O) groups is 2. The smallest absolute Gasteiger partial charge is 0.244 e. The van der Waals surface area contributed by atoms with Gasteiger partial charge < -0.3 is 10.2 Å². The van der Waals surface area contributed by atoms with Crippen molar-refractivity contribution in [2.75, 3.05) is 18.4 Å². The summed E-state index contributed by atoms with van der Waals surface area (Å²) in [6.45, 7) is 8.38. The predicted molar refractivity (Wildman–Crippen MR) is 86.3 cm³/mol. The summed E-state index contributed by atoms with van der Waals surface area (Å²) in [4.78, 5) is 25.3. The summed E-state index contributed by atoms with van der Waals surface area (Å²) in [6.07, 6.45) is 3.11. The summed E-state index contributed by atoms with van der Waals surface area (Å²) in [7, 11) is 0. The van der Waals surface area contributed by atoms with Gasteiger partial charge in [0.05, 0.1) is 6.54 Å². The molecule has 0 spiro atoms. The van der Waals surface area contributed by atoms with E-state index in [9.17, 15) is 9.59 Å². The van der Waals surface area contributed by atoms with E-state index in [0.29, 0.717) is 6.54 Å². The van der Waals surface area contributed by atoms with Crippen LogP contribution >= 0.6 is 0 Å². The van der Waals surface area contributed by atoms with Crippen LogP contribution in [0.1, 0.15) is 44.2 Å². The molecule has 0 aliphatic rings. The lowest BCUT2D eigenvalue weighted by Gasteiger charge is -2.21. The Labute approximate surface area is 127 Å². The minimum absolute atomic E-state index is 0.0535. The summed E-state index contributed by atoms with van der Waals surface area (Å²) in [5, 5.41) is 2.89. The van der Waals surface area contributed by atoms with Crippen LogP contribution in [0.25, 0.3) is 0 Å². The molecule has 1 aromatic rings. The average molecular weight is 290 g/mol. The van der Waals surface area contributed by atoms with Gasteiger partial charge in [-0.1, -0.05) is 31.9 Å². The number of aryl methyl sites for hydroxylation is 1.